The van der Waals surface area contributed by atoms with E-state index in [-0.39, 0.29) is 11.2 Å². The van der Waals surface area contributed by atoms with Crippen molar-refractivity contribution in [3.63, 3.8) is 0 Å². The maximum atomic E-state index is 8.70. The molecule has 146 valence electrons. The maximum Gasteiger partial charge on any atom is 0.0991 e. The van der Waals surface area contributed by atoms with Gasteiger partial charge in [0.25, 0.3) is 0 Å². The van der Waals surface area contributed by atoms with E-state index in [0.29, 0.717) is 18.8 Å². The van der Waals surface area contributed by atoms with Crippen LogP contribution in [0, 0.1) is 14.9 Å². The number of hydrogen-bond donors (Lipinski definition) is 0. The van der Waals surface area contributed by atoms with Crippen molar-refractivity contribution in [1.29, 1.82) is 5.26 Å². The highest BCUT2D eigenvalue weighted by Crippen LogP contribution is 2.14. The van der Waals surface area contributed by atoms with Crippen molar-refractivity contribution >= 4 is 22.6 Å². The maximum absolute atomic E-state index is 8.70. The van der Waals surface area contributed by atoms with Crippen LogP contribution in [0.4, 0.5) is 0 Å². The van der Waals surface area contributed by atoms with Crippen LogP contribution in [0.15, 0.2) is 48.5 Å². The van der Waals surface area contributed by atoms with Crippen LogP contribution in [0.2, 0.25) is 0 Å². The molecule has 0 N–H and O–H groups in total. The van der Waals surface area contributed by atoms with Gasteiger partial charge in [-0.25, -0.2) is 0 Å². The summed E-state index contributed by atoms with van der Waals surface area (Å²) in [7, 11) is 0. The standard InChI is InChI=1S/C12H15NO.C11H15IO/c1-12(2,3)14-9-11-6-4-5-10(7-11)8-13;1-11(2,3)13-8-9-5-4-6-10(12)7-9/h4-7H,9H2,1-3H3;4-7H,8H2,1-3H3. The lowest BCUT2D eigenvalue weighted by Gasteiger charge is -2.19. The molecule has 0 radical (unpaired) electrons. The van der Waals surface area contributed by atoms with Crippen molar-refractivity contribution in [3.8, 4) is 6.07 Å². The Labute approximate surface area is 177 Å². The smallest absolute Gasteiger partial charge is 0.0991 e. The van der Waals surface area contributed by atoms with E-state index in [1.54, 1.807) is 6.07 Å². The largest absolute Gasteiger partial charge is 0.371 e. The van der Waals surface area contributed by atoms with Gasteiger partial charge in [-0.1, -0.05) is 24.3 Å². The van der Waals surface area contributed by atoms with Crippen molar-refractivity contribution in [2.24, 2.45) is 0 Å². The Balaban J connectivity index is 0.000000271. The summed E-state index contributed by atoms with van der Waals surface area (Å²) >= 11 is 2.31. The van der Waals surface area contributed by atoms with Crippen molar-refractivity contribution in [1.82, 2.24) is 0 Å². The Kier molecular flexibility index (Phi) is 9.44. The minimum Gasteiger partial charge on any atom is -0.371 e. The third-order valence-corrected chi connectivity index (χ3v) is 3.96. The number of nitrogens with zero attached hydrogens (tertiary/aromatic N) is 1. The van der Waals surface area contributed by atoms with Gasteiger partial charge in [0.05, 0.1) is 36.0 Å². The van der Waals surface area contributed by atoms with Gasteiger partial charge in [0, 0.05) is 3.57 Å². The average molecular weight is 479 g/mol. The molecule has 0 atom stereocenters. The predicted molar refractivity (Wildman–Crippen MR) is 119 cm³/mol. The molecule has 3 nitrogen and oxygen atoms in total. The SMILES string of the molecule is CC(C)(C)OCc1cccc(C#N)c1.CC(C)(C)OCc1cccc(I)c1. The van der Waals surface area contributed by atoms with E-state index < -0.39 is 0 Å². The monoisotopic (exact) mass is 479 g/mol. The van der Waals surface area contributed by atoms with Crippen LogP contribution in [0.3, 0.4) is 0 Å². The van der Waals surface area contributed by atoms with Gasteiger partial charge in [-0.15, -0.1) is 0 Å². The summed E-state index contributed by atoms with van der Waals surface area (Å²) in [5.74, 6) is 0. The average Bonchev–Trinajstić information content (AvgIpc) is 2.58. The third-order valence-electron chi connectivity index (χ3n) is 3.29. The molecule has 0 fully saturated rings. The van der Waals surface area contributed by atoms with Gasteiger partial charge in [0.15, 0.2) is 0 Å². The molecule has 2 aromatic rings. The van der Waals surface area contributed by atoms with Crippen LogP contribution in [0.1, 0.15) is 58.2 Å². The van der Waals surface area contributed by atoms with Gasteiger partial charge in [-0.2, -0.15) is 5.26 Å². The molecule has 0 bridgehead atoms. The van der Waals surface area contributed by atoms with Gasteiger partial charge in [-0.05, 0) is 99.5 Å². The number of rotatable bonds is 4. The lowest BCUT2D eigenvalue weighted by Crippen LogP contribution is -2.18. The number of benzene rings is 2. The first-order valence-corrected chi connectivity index (χ1v) is 10.1. The van der Waals surface area contributed by atoms with Crippen LogP contribution in [0.5, 0.6) is 0 Å². The molecule has 2 aromatic carbocycles. The van der Waals surface area contributed by atoms with Crippen molar-refractivity contribution < 1.29 is 9.47 Å². The lowest BCUT2D eigenvalue weighted by atomic mass is 10.1. The number of ether oxygens (including phenoxy) is 2. The fourth-order valence-electron chi connectivity index (χ4n) is 1.96. The molecule has 4 heteroatoms. The Hall–Kier alpha value is -1.42. The van der Waals surface area contributed by atoms with E-state index in [2.05, 4.69) is 73.7 Å². The Morgan fingerprint density at radius 2 is 1.30 bits per heavy atom. The Morgan fingerprint density at radius 1 is 0.815 bits per heavy atom. The Bertz CT molecular complexity index is 752. The second-order valence-electron chi connectivity index (χ2n) is 8.24. The molecule has 0 amide bonds. The van der Waals surface area contributed by atoms with Crippen molar-refractivity contribution in [2.75, 3.05) is 0 Å². The van der Waals surface area contributed by atoms with Crippen LogP contribution >= 0.6 is 22.6 Å². The summed E-state index contributed by atoms with van der Waals surface area (Å²) < 4.78 is 12.5. The summed E-state index contributed by atoms with van der Waals surface area (Å²) in [6.45, 7) is 13.5. The fraction of sp³-hybridized carbons (Fsp3) is 0.435. The predicted octanol–water partition coefficient (Wildman–Crippen LogP) is 6.48. The van der Waals surface area contributed by atoms with Gasteiger partial charge < -0.3 is 9.47 Å². The van der Waals surface area contributed by atoms with Crippen LogP contribution in [-0.4, -0.2) is 11.2 Å². The molecule has 0 heterocycles. The van der Waals surface area contributed by atoms with Gasteiger partial charge in [0.2, 0.25) is 0 Å². The van der Waals surface area contributed by atoms with E-state index in [1.165, 1.54) is 9.13 Å². The van der Waals surface area contributed by atoms with Gasteiger partial charge in [0.1, 0.15) is 0 Å². The molecule has 0 aliphatic carbocycles. The first-order chi connectivity index (χ1) is 12.5. The zero-order chi connectivity index (χ0) is 20.5. The molecule has 0 saturated carbocycles. The van der Waals surface area contributed by atoms with Crippen molar-refractivity contribution in [2.45, 2.75) is 66.0 Å². The highest BCUT2D eigenvalue weighted by atomic mass is 127. The molecule has 2 rings (SSSR count). The number of halogens is 1. The van der Waals surface area contributed by atoms with Gasteiger partial charge >= 0.3 is 0 Å². The Morgan fingerprint density at radius 3 is 1.74 bits per heavy atom. The van der Waals surface area contributed by atoms with Crippen LogP contribution < -0.4 is 0 Å². The summed E-state index contributed by atoms with van der Waals surface area (Å²) in [4.78, 5) is 0. The first kappa shape index (κ1) is 23.6. The highest BCUT2D eigenvalue weighted by molar-refractivity contribution is 14.1. The zero-order valence-electron chi connectivity index (χ0n) is 17.2. The normalized spacial score (nSPS) is 11.3. The van der Waals surface area contributed by atoms with Crippen molar-refractivity contribution in [3.05, 3.63) is 68.8 Å². The summed E-state index contributed by atoms with van der Waals surface area (Å²) in [5, 5.41) is 8.70. The highest BCUT2D eigenvalue weighted by Gasteiger charge is 2.10. The second-order valence-corrected chi connectivity index (χ2v) is 9.49. The molecule has 0 aliphatic rings. The fourth-order valence-corrected chi connectivity index (χ4v) is 2.56. The van der Waals surface area contributed by atoms with Crippen LogP contribution in [-0.2, 0) is 22.7 Å². The molecule has 0 unspecified atom stereocenters. The van der Waals surface area contributed by atoms with E-state index in [4.69, 9.17) is 14.7 Å². The molecule has 0 saturated heterocycles. The molecule has 0 spiro atoms. The topological polar surface area (TPSA) is 42.2 Å². The quantitative estimate of drug-likeness (QED) is 0.472. The first-order valence-electron chi connectivity index (χ1n) is 9.00. The summed E-state index contributed by atoms with van der Waals surface area (Å²) in [5.41, 5.74) is 2.77. The molecular formula is C23H30INO2. The zero-order valence-corrected chi connectivity index (χ0v) is 19.3. The number of hydrogen-bond acceptors (Lipinski definition) is 3. The van der Waals surface area contributed by atoms with E-state index in [0.717, 1.165) is 5.56 Å². The summed E-state index contributed by atoms with van der Waals surface area (Å²) in [6.07, 6.45) is 0. The van der Waals surface area contributed by atoms with E-state index in [1.807, 2.05) is 39.0 Å². The lowest BCUT2D eigenvalue weighted by molar-refractivity contribution is -0.0152. The third kappa shape index (κ3) is 11.8. The second kappa shape index (κ2) is 10.8. The number of nitriles is 1. The minimum atomic E-state index is -0.136. The molecule has 27 heavy (non-hydrogen) atoms. The molecule has 0 aromatic heterocycles. The van der Waals surface area contributed by atoms with E-state index >= 15 is 0 Å². The van der Waals surface area contributed by atoms with E-state index in [9.17, 15) is 0 Å². The van der Waals surface area contributed by atoms with Gasteiger partial charge in [-0.3, -0.25) is 0 Å². The molecule has 0 aliphatic heterocycles. The minimum absolute atomic E-state index is 0.0543. The summed E-state index contributed by atoms with van der Waals surface area (Å²) in [6, 6.07) is 18.0. The van der Waals surface area contributed by atoms with Crippen LogP contribution in [0.25, 0.3) is 0 Å². The molecular weight excluding hydrogens is 449 g/mol.